The van der Waals surface area contributed by atoms with Gasteiger partial charge in [0.2, 0.25) is 4.80 Å². The summed E-state index contributed by atoms with van der Waals surface area (Å²) in [5.74, 6) is 0. The van der Waals surface area contributed by atoms with E-state index in [0.29, 0.717) is 0 Å². The van der Waals surface area contributed by atoms with E-state index >= 15 is 0 Å². The van der Waals surface area contributed by atoms with Gasteiger partial charge in [0.05, 0.1) is 28.2 Å². The average Bonchev–Trinajstić information content (AvgIpc) is 3.38. The van der Waals surface area contributed by atoms with E-state index in [1.165, 1.54) is 4.88 Å². The molecule has 3 heterocycles. The first-order chi connectivity index (χ1) is 12.7. The molecular formula is C20H18N4S2. The number of hydrogen-bond donors (Lipinski definition) is 1. The lowest BCUT2D eigenvalue weighted by Gasteiger charge is -2.04. The summed E-state index contributed by atoms with van der Waals surface area (Å²) in [4.78, 5) is 10.1. The van der Waals surface area contributed by atoms with Crippen LogP contribution >= 0.6 is 22.7 Å². The number of thiophene rings is 1. The Kier molecular flexibility index (Phi) is 4.69. The van der Waals surface area contributed by atoms with E-state index in [1.807, 2.05) is 29.2 Å². The van der Waals surface area contributed by atoms with E-state index in [9.17, 15) is 0 Å². The zero-order valence-corrected chi connectivity index (χ0v) is 16.1. The van der Waals surface area contributed by atoms with Crippen molar-refractivity contribution in [3.63, 3.8) is 0 Å². The summed E-state index contributed by atoms with van der Waals surface area (Å²) >= 11 is 3.30. The van der Waals surface area contributed by atoms with Crippen LogP contribution in [0, 0.1) is 13.8 Å². The highest BCUT2D eigenvalue weighted by Crippen LogP contribution is 2.26. The molecule has 3 aromatic heterocycles. The highest BCUT2D eigenvalue weighted by molar-refractivity contribution is 7.14. The Morgan fingerprint density at radius 3 is 2.54 bits per heavy atom. The molecule has 130 valence electrons. The number of thiazole rings is 1. The lowest BCUT2D eigenvalue weighted by atomic mass is 10.1. The van der Waals surface area contributed by atoms with Gasteiger partial charge in [-0.05, 0) is 48.6 Å². The molecule has 0 atom stereocenters. The van der Waals surface area contributed by atoms with Gasteiger partial charge in [-0.25, -0.2) is 9.67 Å². The number of aromatic amines is 1. The first kappa shape index (κ1) is 16.8. The monoisotopic (exact) mass is 378 g/mol. The minimum absolute atomic E-state index is 0.855. The molecule has 0 spiro atoms. The first-order valence-electron chi connectivity index (χ1n) is 8.25. The average molecular weight is 379 g/mol. The molecule has 26 heavy (non-hydrogen) atoms. The molecule has 4 aromatic rings. The van der Waals surface area contributed by atoms with Crippen LogP contribution in [0.4, 0.5) is 5.69 Å². The van der Waals surface area contributed by atoms with Crippen molar-refractivity contribution in [2.45, 2.75) is 13.8 Å². The summed E-state index contributed by atoms with van der Waals surface area (Å²) in [6.45, 7) is 4.18. The third-order valence-electron chi connectivity index (χ3n) is 4.04. The number of nitrogens with one attached hydrogen (secondary N) is 1. The van der Waals surface area contributed by atoms with Crippen LogP contribution in [0.1, 0.15) is 16.8 Å². The first-order valence-corrected chi connectivity index (χ1v) is 10.0. The highest BCUT2D eigenvalue weighted by Gasteiger charge is 2.09. The van der Waals surface area contributed by atoms with Crippen molar-refractivity contribution in [1.29, 1.82) is 0 Å². The maximum atomic E-state index is 4.93. The Morgan fingerprint density at radius 2 is 1.85 bits per heavy atom. The molecule has 1 aromatic carbocycles. The van der Waals surface area contributed by atoms with Crippen LogP contribution in [-0.2, 0) is 0 Å². The standard InChI is InChI=1S/C20H18N4S2/c1-14-6-3-7-15(2)19(14)23-20-24(22-12-16-8-4-10-21-16)17(13-26-20)18-9-5-11-25-18/h3-13,21H,1-2H3. The van der Waals surface area contributed by atoms with Crippen LogP contribution in [0.2, 0.25) is 0 Å². The van der Waals surface area contributed by atoms with Gasteiger partial charge in [-0.3, -0.25) is 0 Å². The maximum absolute atomic E-state index is 4.93. The SMILES string of the molecule is Cc1cccc(C)c1N=c1scc(-c2cccs2)n1N=Cc1ccc[nH]1. The summed E-state index contributed by atoms with van der Waals surface area (Å²) in [6, 6.07) is 14.4. The summed E-state index contributed by atoms with van der Waals surface area (Å²) in [6.07, 6.45) is 3.72. The zero-order chi connectivity index (χ0) is 17.9. The van der Waals surface area contributed by atoms with E-state index in [0.717, 1.165) is 33.0 Å². The number of aromatic nitrogens is 2. The molecule has 4 nitrogen and oxygen atoms in total. The highest BCUT2D eigenvalue weighted by atomic mass is 32.1. The van der Waals surface area contributed by atoms with E-state index in [1.54, 1.807) is 22.7 Å². The van der Waals surface area contributed by atoms with Gasteiger partial charge in [0.25, 0.3) is 0 Å². The van der Waals surface area contributed by atoms with Gasteiger partial charge in [0, 0.05) is 11.6 Å². The molecule has 4 rings (SSSR count). The molecule has 1 N–H and O–H groups in total. The molecular weight excluding hydrogens is 360 g/mol. The number of rotatable bonds is 4. The van der Waals surface area contributed by atoms with Crippen LogP contribution in [-0.4, -0.2) is 15.9 Å². The van der Waals surface area contributed by atoms with Crippen molar-refractivity contribution >= 4 is 34.6 Å². The summed E-state index contributed by atoms with van der Waals surface area (Å²) in [5, 5.41) is 8.90. The maximum Gasteiger partial charge on any atom is 0.211 e. The number of H-pyrrole nitrogens is 1. The minimum Gasteiger partial charge on any atom is -0.360 e. The van der Waals surface area contributed by atoms with Gasteiger partial charge < -0.3 is 4.98 Å². The normalized spacial score (nSPS) is 12.3. The van der Waals surface area contributed by atoms with Gasteiger partial charge in [-0.15, -0.1) is 22.7 Å². The van der Waals surface area contributed by atoms with Crippen molar-refractivity contribution < 1.29 is 0 Å². The van der Waals surface area contributed by atoms with Crippen molar-refractivity contribution in [2.75, 3.05) is 0 Å². The second-order valence-corrected chi connectivity index (χ2v) is 7.70. The van der Waals surface area contributed by atoms with E-state index in [4.69, 9.17) is 10.1 Å². The van der Waals surface area contributed by atoms with Crippen molar-refractivity contribution in [3.05, 3.63) is 81.0 Å². The number of benzene rings is 1. The molecule has 0 saturated carbocycles. The zero-order valence-electron chi connectivity index (χ0n) is 14.5. The van der Waals surface area contributed by atoms with E-state index in [-0.39, 0.29) is 0 Å². The van der Waals surface area contributed by atoms with Crippen LogP contribution in [0.25, 0.3) is 10.6 Å². The molecule has 0 aliphatic carbocycles. The largest absolute Gasteiger partial charge is 0.360 e. The fourth-order valence-electron chi connectivity index (χ4n) is 2.71. The number of hydrogen-bond acceptors (Lipinski definition) is 4. The summed E-state index contributed by atoms with van der Waals surface area (Å²) in [7, 11) is 0. The Bertz CT molecular complexity index is 1080. The van der Waals surface area contributed by atoms with Gasteiger partial charge in [-0.2, -0.15) is 5.10 Å². The second kappa shape index (κ2) is 7.27. The molecule has 0 aliphatic heterocycles. The molecule has 0 fully saturated rings. The lowest BCUT2D eigenvalue weighted by molar-refractivity contribution is 0.855. The van der Waals surface area contributed by atoms with Gasteiger partial charge in [0.15, 0.2) is 0 Å². The van der Waals surface area contributed by atoms with E-state index < -0.39 is 0 Å². The van der Waals surface area contributed by atoms with Gasteiger partial charge >= 0.3 is 0 Å². The Labute approximate surface area is 159 Å². The molecule has 0 radical (unpaired) electrons. The predicted octanol–water partition coefficient (Wildman–Crippen LogP) is 5.34. The second-order valence-electron chi connectivity index (χ2n) is 5.91. The fraction of sp³-hybridized carbons (Fsp3) is 0.100. The van der Waals surface area contributed by atoms with E-state index in [2.05, 4.69) is 59.9 Å². The topological polar surface area (TPSA) is 45.4 Å². The van der Waals surface area contributed by atoms with Crippen LogP contribution in [0.5, 0.6) is 0 Å². The molecule has 0 aliphatic rings. The number of para-hydroxylation sites is 1. The minimum atomic E-state index is 0.855. The summed E-state index contributed by atoms with van der Waals surface area (Å²) in [5.41, 5.74) is 5.35. The molecule has 0 amide bonds. The quantitative estimate of drug-likeness (QED) is 0.466. The van der Waals surface area contributed by atoms with Crippen LogP contribution in [0.3, 0.4) is 0 Å². The lowest BCUT2D eigenvalue weighted by Crippen LogP contribution is -2.11. The fourth-order valence-corrected chi connectivity index (χ4v) is 4.34. The van der Waals surface area contributed by atoms with Crippen LogP contribution in [0.15, 0.2) is 69.5 Å². The number of nitrogens with zero attached hydrogens (tertiary/aromatic N) is 3. The smallest absolute Gasteiger partial charge is 0.211 e. The van der Waals surface area contributed by atoms with Gasteiger partial charge in [0.1, 0.15) is 0 Å². The van der Waals surface area contributed by atoms with Gasteiger partial charge in [-0.1, -0.05) is 24.3 Å². The third kappa shape index (κ3) is 3.34. The van der Waals surface area contributed by atoms with Crippen molar-refractivity contribution in [1.82, 2.24) is 9.66 Å². The Hall–Kier alpha value is -2.70. The summed E-state index contributed by atoms with van der Waals surface area (Å²) < 4.78 is 1.92. The van der Waals surface area contributed by atoms with Crippen molar-refractivity contribution in [2.24, 2.45) is 10.1 Å². The molecule has 0 bridgehead atoms. The van der Waals surface area contributed by atoms with Crippen molar-refractivity contribution in [3.8, 4) is 10.6 Å². The molecule has 0 saturated heterocycles. The molecule has 6 heteroatoms. The van der Waals surface area contributed by atoms with Crippen LogP contribution < -0.4 is 4.80 Å². The predicted molar refractivity (Wildman–Crippen MR) is 111 cm³/mol. The Morgan fingerprint density at radius 1 is 1.00 bits per heavy atom. The number of aryl methyl sites for hydroxylation is 2. The third-order valence-corrected chi connectivity index (χ3v) is 5.75. The molecule has 0 unspecified atom stereocenters. The Balaban J connectivity index is 1.89.